The summed E-state index contributed by atoms with van der Waals surface area (Å²) < 4.78 is 0. The molecule has 0 bridgehead atoms. The second-order valence-electron chi connectivity index (χ2n) is 4.55. The Hall–Kier alpha value is -2.64. The molecular weight excluding hydrogens is 264 g/mol. The second-order valence-corrected chi connectivity index (χ2v) is 4.55. The molecule has 2 aromatic rings. The van der Waals surface area contributed by atoms with Gasteiger partial charge in [0, 0.05) is 24.5 Å². The number of nitrogens with zero attached hydrogens (tertiary/aromatic N) is 1. The summed E-state index contributed by atoms with van der Waals surface area (Å²) in [6.45, 7) is 2.12. The molecule has 106 valence electrons. The monoisotopic (exact) mass is 280 g/mol. The topological polar surface area (TPSA) is 62.2 Å². The number of benzene rings is 1. The standard InChI is InChI=1S/C17H16N2O2/c1-13-4-5-15(3-2-10-20)16(11-13)17(21)19-12-14-6-8-18-9-7-14/h4-9,11,20H,10,12H2,1H3,(H,19,21). The quantitative estimate of drug-likeness (QED) is 0.841. The number of nitrogens with one attached hydrogen (secondary N) is 1. The molecule has 1 aromatic heterocycles. The summed E-state index contributed by atoms with van der Waals surface area (Å²) >= 11 is 0. The summed E-state index contributed by atoms with van der Waals surface area (Å²) in [4.78, 5) is 16.2. The van der Waals surface area contributed by atoms with Gasteiger partial charge in [0.05, 0.1) is 5.56 Å². The lowest BCUT2D eigenvalue weighted by Gasteiger charge is -2.08. The van der Waals surface area contributed by atoms with Crippen LogP contribution in [0, 0.1) is 18.8 Å². The molecule has 0 saturated carbocycles. The Morgan fingerprint density at radius 1 is 1.29 bits per heavy atom. The van der Waals surface area contributed by atoms with E-state index in [0.29, 0.717) is 17.7 Å². The minimum atomic E-state index is -0.230. The van der Waals surface area contributed by atoms with Crippen molar-refractivity contribution < 1.29 is 9.90 Å². The molecule has 1 heterocycles. The molecule has 2 N–H and O–H groups in total. The van der Waals surface area contributed by atoms with Crippen LogP contribution in [0.1, 0.15) is 27.0 Å². The average Bonchev–Trinajstić information content (AvgIpc) is 2.52. The van der Waals surface area contributed by atoms with Crippen LogP contribution in [0.5, 0.6) is 0 Å². The van der Waals surface area contributed by atoms with Crippen LogP contribution in [-0.4, -0.2) is 22.6 Å². The molecule has 0 aliphatic heterocycles. The Bertz CT molecular complexity index is 685. The molecule has 0 saturated heterocycles. The first-order valence-corrected chi connectivity index (χ1v) is 6.58. The van der Waals surface area contributed by atoms with Crippen LogP contribution in [0.3, 0.4) is 0 Å². The molecule has 1 aromatic carbocycles. The minimum Gasteiger partial charge on any atom is -0.384 e. The molecule has 0 radical (unpaired) electrons. The molecule has 4 heteroatoms. The third-order valence-electron chi connectivity index (χ3n) is 2.92. The normalized spacial score (nSPS) is 9.62. The van der Waals surface area contributed by atoms with Gasteiger partial charge in [-0.05, 0) is 36.8 Å². The van der Waals surface area contributed by atoms with Gasteiger partial charge in [0.2, 0.25) is 0 Å². The van der Waals surface area contributed by atoms with Gasteiger partial charge < -0.3 is 10.4 Å². The smallest absolute Gasteiger partial charge is 0.252 e. The van der Waals surface area contributed by atoms with Crippen molar-refractivity contribution in [1.82, 2.24) is 10.3 Å². The van der Waals surface area contributed by atoms with Gasteiger partial charge in [0.15, 0.2) is 0 Å². The number of pyridine rings is 1. The van der Waals surface area contributed by atoms with Gasteiger partial charge in [0.1, 0.15) is 6.61 Å². The maximum absolute atomic E-state index is 12.3. The number of aliphatic hydroxyl groups is 1. The average molecular weight is 280 g/mol. The van der Waals surface area contributed by atoms with Crippen LogP contribution >= 0.6 is 0 Å². The molecule has 0 unspecified atom stereocenters. The first kappa shape index (κ1) is 14.8. The maximum Gasteiger partial charge on any atom is 0.252 e. The van der Waals surface area contributed by atoms with E-state index in [-0.39, 0.29) is 12.5 Å². The summed E-state index contributed by atoms with van der Waals surface area (Å²) in [5, 5.41) is 11.6. The number of amides is 1. The number of hydrogen-bond donors (Lipinski definition) is 2. The van der Waals surface area contributed by atoms with Crippen molar-refractivity contribution in [3.05, 3.63) is 65.0 Å². The van der Waals surface area contributed by atoms with E-state index in [9.17, 15) is 4.79 Å². The van der Waals surface area contributed by atoms with Crippen LogP contribution in [0.25, 0.3) is 0 Å². The van der Waals surface area contributed by atoms with E-state index in [1.165, 1.54) is 0 Å². The third-order valence-corrected chi connectivity index (χ3v) is 2.92. The van der Waals surface area contributed by atoms with Gasteiger partial charge >= 0.3 is 0 Å². The molecule has 1 amide bonds. The Labute approximate surface area is 123 Å². The SMILES string of the molecule is Cc1ccc(C#CCO)c(C(=O)NCc2ccncc2)c1. The fourth-order valence-electron chi connectivity index (χ4n) is 1.87. The second kappa shape index (κ2) is 7.22. The number of aryl methyl sites for hydroxylation is 1. The Balaban J connectivity index is 2.16. The molecular formula is C17H16N2O2. The van der Waals surface area contributed by atoms with Crippen molar-refractivity contribution in [3.8, 4) is 11.8 Å². The molecule has 0 atom stereocenters. The number of hydrogen-bond acceptors (Lipinski definition) is 3. The predicted molar refractivity (Wildman–Crippen MR) is 80.6 cm³/mol. The fraction of sp³-hybridized carbons (Fsp3) is 0.176. The van der Waals surface area contributed by atoms with Gasteiger partial charge in [0.25, 0.3) is 5.91 Å². The highest BCUT2D eigenvalue weighted by atomic mass is 16.2. The highest BCUT2D eigenvalue weighted by Gasteiger charge is 2.10. The number of aromatic nitrogens is 1. The lowest BCUT2D eigenvalue weighted by molar-refractivity contribution is 0.0950. The van der Waals surface area contributed by atoms with Gasteiger partial charge in [-0.3, -0.25) is 9.78 Å². The summed E-state index contributed by atoms with van der Waals surface area (Å²) in [5.74, 6) is 5.19. The van der Waals surface area contributed by atoms with Crippen LogP contribution < -0.4 is 5.32 Å². The van der Waals surface area contributed by atoms with Gasteiger partial charge in [-0.25, -0.2) is 0 Å². The third kappa shape index (κ3) is 4.16. The summed E-state index contributed by atoms with van der Waals surface area (Å²) in [6.07, 6.45) is 3.37. The van der Waals surface area contributed by atoms with Crippen molar-refractivity contribution in [2.45, 2.75) is 13.5 Å². The molecule has 0 aliphatic rings. The highest BCUT2D eigenvalue weighted by Crippen LogP contribution is 2.11. The van der Waals surface area contributed by atoms with Crippen LogP contribution in [0.4, 0.5) is 0 Å². The maximum atomic E-state index is 12.3. The van der Waals surface area contributed by atoms with E-state index in [1.54, 1.807) is 24.5 Å². The van der Waals surface area contributed by atoms with E-state index >= 15 is 0 Å². The minimum absolute atomic E-state index is 0.183. The zero-order chi connectivity index (χ0) is 15.1. The number of carbonyl (C=O) groups excluding carboxylic acids is 1. The number of rotatable bonds is 3. The van der Waals surface area contributed by atoms with Gasteiger partial charge in [-0.2, -0.15) is 0 Å². The lowest BCUT2D eigenvalue weighted by atomic mass is 10.0. The van der Waals surface area contributed by atoms with E-state index < -0.39 is 0 Å². The largest absolute Gasteiger partial charge is 0.384 e. The summed E-state index contributed by atoms with van der Waals surface area (Å²) in [6, 6.07) is 9.18. The van der Waals surface area contributed by atoms with Crippen molar-refractivity contribution in [2.24, 2.45) is 0 Å². The van der Waals surface area contributed by atoms with Crippen molar-refractivity contribution in [3.63, 3.8) is 0 Å². The molecule has 2 rings (SSSR count). The number of aliphatic hydroxyl groups excluding tert-OH is 1. The highest BCUT2D eigenvalue weighted by molar-refractivity contribution is 5.96. The predicted octanol–water partition coefficient (Wildman–Crippen LogP) is 1.66. The molecule has 0 aliphatic carbocycles. The van der Waals surface area contributed by atoms with E-state index in [4.69, 9.17) is 5.11 Å². The van der Waals surface area contributed by atoms with E-state index in [2.05, 4.69) is 22.1 Å². The molecule has 4 nitrogen and oxygen atoms in total. The first-order chi connectivity index (χ1) is 10.2. The first-order valence-electron chi connectivity index (χ1n) is 6.58. The fourth-order valence-corrected chi connectivity index (χ4v) is 1.87. The zero-order valence-electron chi connectivity index (χ0n) is 11.8. The van der Waals surface area contributed by atoms with Crippen LogP contribution in [0.2, 0.25) is 0 Å². The summed E-state index contributed by atoms with van der Waals surface area (Å²) in [7, 11) is 0. The Morgan fingerprint density at radius 3 is 2.76 bits per heavy atom. The van der Waals surface area contributed by atoms with Crippen molar-refractivity contribution in [2.75, 3.05) is 6.61 Å². The van der Waals surface area contributed by atoms with Crippen LogP contribution in [0.15, 0.2) is 42.7 Å². The van der Waals surface area contributed by atoms with Crippen molar-refractivity contribution >= 4 is 5.91 Å². The van der Waals surface area contributed by atoms with Crippen molar-refractivity contribution in [1.29, 1.82) is 0 Å². The van der Waals surface area contributed by atoms with Gasteiger partial charge in [-0.15, -0.1) is 0 Å². The number of carbonyl (C=O) groups is 1. The molecule has 0 spiro atoms. The van der Waals surface area contributed by atoms with Crippen LogP contribution in [-0.2, 0) is 6.54 Å². The molecule has 21 heavy (non-hydrogen) atoms. The zero-order valence-corrected chi connectivity index (χ0v) is 11.8. The van der Waals surface area contributed by atoms with E-state index in [0.717, 1.165) is 11.1 Å². The molecule has 0 fully saturated rings. The summed E-state index contributed by atoms with van der Waals surface area (Å²) in [5.41, 5.74) is 3.10. The lowest BCUT2D eigenvalue weighted by Crippen LogP contribution is -2.23. The van der Waals surface area contributed by atoms with Gasteiger partial charge in [-0.1, -0.05) is 23.5 Å². The van der Waals surface area contributed by atoms with E-state index in [1.807, 2.05) is 25.1 Å². The Kier molecular flexibility index (Phi) is 5.08. The Morgan fingerprint density at radius 2 is 2.05 bits per heavy atom.